The predicted octanol–water partition coefficient (Wildman–Crippen LogP) is 2.63. The zero-order valence-electron chi connectivity index (χ0n) is 6.93. The van der Waals surface area contributed by atoms with Gasteiger partial charge in [0, 0.05) is 10.9 Å². The summed E-state index contributed by atoms with van der Waals surface area (Å²) in [6.45, 7) is 1.58. The lowest BCUT2D eigenvalue weighted by atomic mass is 10.1. The lowest BCUT2D eigenvalue weighted by molar-refractivity contribution is 0.101. The molecule has 0 fully saturated rings. The summed E-state index contributed by atoms with van der Waals surface area (Å²) in [4.78, 5) is 11.0. The van der Waals surface area contributed by atoms with Gasteiger partial charge in [-0.3, -0.25) is 4.79 Å². The normalized spacial score (nSPS) is 9.83. The van der Waals surface area contributed by atoms with Gasteiger partial charge in [-0.1, -0.05) is 28.1 Å². The lowest BCUT2D eigenvalue weighted by Crippen LogP contribution is -1.94. The van der Waals surface area contributed by atoms with Crippen molar-refractivity contribution in [1.29, 1.82) is 0 Å². The van der Waals surface area contributed by atoms with Gasteiger partial charge in [-0.25, -0.2) is 0 Å². The number of carbonyl (C=O) groups is 1. The maximum atomic E-state index is 11.0. The first-order chi connectivity index (χ1) is 5.74. The Kier molecular flexibility index (Phi) is 3.48. The molecule has 1 aromatic carbocycles. The molecule has 1 radical (unpaired) electrons. The van der Waals surface area contributed by atoms with Gasteiger partial charge in [0.25, 0.3) is 0 Å². The van der Waals surface area contributed by atoms with E-state index in [0.717, 1.165) is 22.9 Å². The number of rotatable bonds is 3. The van der Waals surface area contributed by atoms with Gasteiger partial charge in [0.1, 0.15) is 0 Å². The fourth-order valence-corrected chi connectivity index (χ4v) is 1.41. The van der Waals surface area contributed by atoms with Crippen LogP contribution in [0.1, 0.15) is 22.8 Å². The SMILES string of the molecule is CC(=O)c1cc[c]c(CCBr)c1. The Morgan fingerprint density at radius 3 is 3.00 bits per heavy atom. The second-order valence-electron chi connectivity index (χ2n) is 2.60. The molecule has 0 saturated carbocycles. The highest BCUT2D eigenvalue weighted by molar-refractivity contribution is 9.09. The fourth-order valence-electron chi connectivity index (χ4n) is 0.981. The number of halogens is 1. The Morgan fingerprint density at radius 1 is 1.67 bits per heavy atom. The second kappa shape index (κ2) is 4.41. The molecule has 0 amide bonds. The van der Waals surface area contributed by atoms with Crippen LogP contribution in [-0.2, 0) is 6.42 Å². The zero-order valence-corrected chi connectivity index (χ0v) is 8.52. The molecular weight excluding hydrogens is 216 g/mol. The van der Waals surface area contributed by atoms with E-state index in [1.165, 1.54) is 0 Å². The fraction of sp³-hybridized carbons (Fsp3) is 0.300. The van der Waals surface area contributed by atoms with Crippen LogP contribution in [0.3, 0.4) is 0 Å². The topological polar surface area (TPSA) is 17.1 Å². The third kappa shape index (κ3) is 2.45. The largest absolute Gasteiger partial charge is 0.295 e. The van der Waals surface area contributed by atoms with Gasteiger partial charge in [0.15, 0.2) is 5.78 Å². The van der Waals surface area contributed by atoms with E-state index in [9.17, 15) is 4.79 Å². The van der Waals surface area contributed by atoms with Gasteiger partial charge < -0.3 is 0 Å². The van der Waals surface area contributed by atoms with Crippen LogP contribution in [0.5, 0.6) is 0 Å². The summed E-state index contributed by atoms with van der Waals surface area (Å²) in [5.74, 6) is 0.111. The summed E-state index contributed by atoms with van der Waals surface area (Å²) in [5.41, 5.74) is 1.85. The van der Waals surface area contributed by atoms with Gasteiger partial charge in [-0.2, -0.15) is 0 Å². The minimum atomic E-state index is 0.111. The minimum absolute atomic E-state index is 0.111. The van der Waals surface area contributed by atoms with Crippen LogP contribution < -0.4 is 0 Å². The summed E-state index contributed by atoms with van der Waals surface area (Å²) in [5, 5.41) is 0.908. The number of hydrogen-bond donors (Lipinski definition) is 0. The highest BCUT2D eigenvalue weighted by Gasteiger charge is 1.99. The van der Waals surface area contributed by atoms with Crippen molar-refractivity contribution in [3.63, 3.8) is 0 Å². The molecule has 0 aliphatic carbocycles. The molecule has 2 heteroatoms. The summed E-state index contributed by atoms with van der Waals surface area (Å²) in [6.07, 6.45) is 0.918. The van der Waals surface area contributed by atoms with Crippen molar-refractivity contribution in [2.24, 2.45) is 0 Å². The monoisotopic (exact) mass is 225 g/mol. The van der Waals surface area contributed by atoms with Gasteiger partial charge in [-0.05, 0) is 31.0 Å². The molecule has 0 atom stereocenters. The van der Waals surface area contributed by atoms with Crippen LogP contribution in [0.4, 0.5) is 0 Å². The van der Waals surface area contributed by atoms with E-state index in [0.29, 0.717) is 0 Å². The Hall–Kier alpha value is -0.630. The molecule has 0 unspecified atom stereocenters. The number of ketones is 1. The van der Waals surface area contributed by atoms with E-state index in [1.807, 2.05) is 6.07 Å². The Labute approximate surface area is 80.9 Å². The molecule has 1 nitrogen and oxygen atoms in total. The maximum Gasteiger partial charge on any atom is 0.159 e. The molecule has 0 heterocycles. The quantitative estimate of drug-likeness (QED) is 0.572. The molecule has 63 valence electrons. The minimum Gasteiger partial charge on any atom is -0.295 e. The van der Waals surface area contributed by atoms with Gasteiger partial charge in [0.2, 0.25) is 0 Å². The molecule has 0 saturated heterocycles. The zero-order chi connectivity index (χ0) is 8.97. The first-order valence-electron chi connectivity index (χ1n) is 3.81. The van der Waals surface area contributed by atoms with Gasteiger partial charge >= 0.3 is 0 Å². The number of aryl methyl sites for hydroxylation is 1. The predicted molar refractivity (Wildman–Crippen MR) is 52.8 cm³/mol. The molecule has 0 aliphatic rings. The molecular formula is C10H10BrO. The van der Waals surface area contributed by atoms with Crippen LogP contribution in [-0.4, -0.2) is 11.1 Å². The van der Waals surface area contributed by atoms with Gasteiger partial charge in [0.05, 0.1) is 0 Å². The average molecular weight is 226 g/mol. The molecule has 0 bridgehead atoms. The van der Waals surface area contributed by atoms with Crippen molar-refractivity contribution in [1.82, 2.24) is 0 Å². The first-order valence-corrected chi connectivity index (χ1v) is 4.93. The third-order valence-electron chi connectivity index (χ3n) is 1.63. The molecule has 12 heavy (non-hydrogen) atoms. The maximum absolute atomic E-state index is 11.0. The second-order valence-corrected chi connectivity index (χ2v) is 3.39. The molecule has 0 aliphatic heterocycles. The molecule has 1 rings (SSSR count). The Morgan fingerprint density at radius 2 is 2.42 bits per heavy atom. The Bertz CT molecular complexity index is 281. The summed E-state index contributed by atoms with van der Waals surface area (Å²) < 4.78 is 0. The first kappa shape index (κ1) is 9.46. The summed E-state index contributed by atoms with van der Waals surface area (Å²) in [6, 6.07) is 8.57. The molecule has 0 aromatic heterocycles. The Balaban J connectivity index is 2.88. The molecule has 0 N–H and O–H groups in total. The van der Waals surface area contributed by atoms with E-state index < -0.39 is 0 Å². The molecule has 1 aromatic rings. The van der Waals surface area contributed by atoms with Crippen LogP contribution in [0, 0.1) is 6.07 Å². The highest BCUT2D eigenvalue weighted by Crippen LogP contribution is 2.06. The number of benzene rings is 1. The van der Waals surface area contributed by atoms with E-state index >= 15 is 0 Å². The van der Waals surface area contributed by atoms with Crippen molar-refractivity contribution in [3.8, 4) is 0 Å². The smallest absolute Gasteiger partial charge is 0.159 e. The highest BCUT2D eigenvalue weighted by atomic mass is 79.9. The van der Waals surface area contributed by atoms with E-state index in [4.69, 9.17) is 0 Å². The summed E-state index contributed by atoms with van der Waals surface area (Å²) >= 11 is 3.34. The lowest BCUT2D eigenvalue weighted by Gasteiger charge is -1.99. The van der Waals surface area contributed by atoms with E-state index in [-0.39, 0.29) is 5.78 Å². The number of alkyl halides is 1. The number of hydrogen-bond acceptors (Lipinski definition) is 1. The summed E-state index contributed by atoms with van der Waals surface area (Å²) in [7, 11) is 0. The van der Waals surface area contributed by atoms with Gasteiger partial charge in [-0.15, -0.1) is 0 Å². The number of carbonyl (C=O) groups excluding carboxylic acids is 1. The van der Waals surface area contributed by atoms with E-state index in [2.05, 4.69) is 22.0 Å². The van der Waals surface area contributed by atoms with Crippen LogP contribution in [0.15, 0.2) is 18.2 Å². The van der Waals surface area contributed by atoms with E-state index in [1.54, 1.807) is 19.1 Å². The van der Waals surface area contributed by atoms with Crippen LogP contribution >= 0.6 is 15.9 Å². The average Bonchev–Trinajstić information content (AvgIpc) is 2.05. The van der Waals surface area contributed by atoms with Crippen molar-refractivity contribution in [2.75, 3.05) is 5.33 Å². The molecule has 0 spiro atoms. The van der Waals surface area contributed by atoms with Crippen LogP contribution in [0.25, 0.3) is 0 Å². The van der Waals surface area contributed by atoms with Crippen molar-refractivity contribution in [2.45, 2.75) is 13.3 Å². The standard InChI is InChI=1S/C10H10BrO/c1-8(12)10-4-2-3-9(7-10)5-6-11/h2,4,7H,5-6H2,1H3. The van der Waals surface area contributed by atoms with Crippen molar-refractivity contribution < 1.29 is 4.79 Å². The number of Topliss-reactive ketones (excluding diaryl/α,β-unsaturated/α-hetero) is 1. The van der Waals surface area contributed by atoms with Crippen molar-refractivity contribution in [3.05, 3.63) is 35.4 Å². The van der Waals surface area contributed by atoms with Crippen molar-refractivity contribution >= 4 is 21.7 Å². The third-order valence-corrected chi connectivity index (χ3v) is 2.03. The van der Waals surface area contributed by atoms with Crippen LogP contribution in [0.2, 0.25) is 0 Å².